The number of carboxylic acids is 1. The van der Waals surface area contributed by atoms with Crippen molar-refractivity contribution in [3.8, 4) is 0 Å². The van der Waals surface area contributed by atoms with Gasteiger partial charge < -0.3 is 10.0 Å². The highest BCUT2D eigenvalue weighted by Gasteiger charge is 2.36. The molecule has 112 valence electrons. The van der Waals surface area contributed by atoms with Gasteiger partial charge in [0, 0.05) is 18.7 Å². The third-order valence-electron chi connectivity index (χ3n) is 4.58. The van der Waals surface area contributed by atoms with E-state index in [4.69, 9.17) is 0 Å². The SMILES string of the molecule is O=C(O)c1cc(N2CCCC3CCCC32)ncc1[N+](=O)[O-]. The average molecular weight is 291 g/mol. The summed E-state index contributed by atoms with van der Waals surface area (Å²) in [5.74, 6) is -0.0936. The number of nitrogens with zero attached hydrogens (tertiary/aromatic N) is 3. The summed E-state index contributed by atoms with van der Waals surface area (Å²) in [4.78, 5) is 27.7. The monoisotopic (exact) mass is 291 g/mol. The minimum Gasteiger partial charge on any atom is -0.477 e. The van der Waals surface area contributed by atoms with Crippen LogP contribution < -0.4 is 4.90 Å². The van der Waals surface area contributed by atoms with E-state index < -0.39 is 16.6 Å². The number of hydrogen-bond donors (Lipinski definition) is 1. The molecule has 1 saturated heterocycles. The van der Waals surface area contributed by atoms with E-state index in [0.717, 1.165) is 25.6 Å². The first-order chi connectivity index (χ1) is 10.1. The molecule has 7 heteroatoms. The molecule has 21 heavy (non-hydrogen) atoms. The molecule has 1 aromatic rings. The van der Waals surface area contributed by atoms with Gasteiger partial charge >= 0.3 is 11.7 Å². The lowest BCUT2D eigenvalue weighted by Gasteiger charge is -2.38. The van der Waals surface area contributed by atoms with Crippen molar-refractivity contribution in [3.05, 3.63) is 27.9 Å². The van der Waals surface area contributed by atoms with Crippen LogP contribution in [0.3, 0.4) is 0 Å². The highest BCUT2D eigenvalue weighted by atomic mass is 16.6. The average Bonchev–Trinajstić information content (AvgIpc) is 2.94. The Labute approximate surface area is 121 Å². The number of rotatable bonds is 3. The molecule has 3 rings (SSSR count). The number of anilines is 1. The van der Waals surface area contributed by atoms with Gasteiger partial charge in [0.05, 0.1) is 4.92 Å². The van der Waals surface area contributed by atoms with Gasteiger partial charge in [0.2, 0.25) is 0 Å². The minimum atomic E-state index is -1.29. The van der Waals surface area contributed by atoms with E-state index >= 15 is 0 Å². The van der Waals surface area contributed by atoms with E-state index in [-0.39, 0.29) is 5.56 Å². The number of carboxylic acid groups (broad SMARTS) is 1. The molecule has 0 spiro atoms. The van der Waals surface area contributed by atoms with E-state index in [9.17, 15) is 20.0 Å². The zero-order valence-electron chi connectivity index (χ0n) is 11.6. The molecule has 2 unspecified atom stereocenters. The summed E-state index contributed by atoms with van der Waals surface area (Å²) in [7, 11) is 0. The number of piperidine rings is 1. The molecule has 7 nitrogen and oxygen atoms in total. The fourth-order valence-corrected chi connectivity index (χ4v) is 3.65. The smallest absolute Gasteiger partial charge is 0.342 e. The molecule has 2 atom stereocenters. The highest BCUT2D eigenvalue weighted by Crippen LogP contribution is 2.39. The maximum Gasteiger partial charge on any atom is 0.342 e. The number of aromatic carboxylic acids is 1. The quantitative estimate of drug-likeness (QED) is 0.678. The van der Waals surface area contributed by atoms with Crippen molar-refractivity contribution in [3.63, 3.8) is 0 Å². The third-order valence-corrected chi connectivity index (χ3v) is 4.58. The molecule has 2 aliphatic rings. The maximum atomic E-state index is 11.2. The summed E-state index contributed by atoms with van der Waals surface area (Å²) in [5, 5.41) is 20.1. The molecule has 1 aliphatic carbocycles. The summed E-state index contributed by atoms with van der Waals surface area (Å²) < 4.78 is 0. The second-order valence-corrected chi connectivity index (χ2v) is 5.72. The largest absolute Gasteiger partial charge is 0.477 e. The minimum absolute atomic E-state index is 0.287. The van der Waals surface area contributed by atoms with E-state index in [2.05, 4.69) is 9.88 Å². The first-order valence-corrected chi connectivity index (χ1v) is 7.22. The lowest BCUT2D eigenvalue weighted by molar-refractivity contribution is -0.385. The number of pyridine rings is 1. The van der Waals surface area contributed by atoms with Crippen LogP contribution in [0.4, 0.5) is 11.5 Å². The van der Waals surface area contributed by atoms with Crippen LogP contribution in [0.2, 0.25) is 0 Å². The Morgan fingerprint density at radius 1 is 1.38 bits per heavy atom. The molecule has 2 heterocycles. The van der Waals surface area contributed by atoms with Gasteiger partial charge in [-0.15, -0.1) is 0 Å². The first kappa shape index (κ1) is 13.8. The third kappa shape index (κ3) is 2.43. The molecule has 0 bridgehead atoms. The Balaban J connectivity index is 1.96. The summed E-state index contributed by atoms with van der Waals surface area (Å²) in [6.07, 6.45) is 6.82. The molecule has 1 aromatic heterocycles. The lowest BCUT2D eigenvalue weighted by Crippen LogP contribution is -2.43. The molecule has 1 N–H and O–H groups in total. The second-order valence-electron chi connectivity index (χ2n) is 5.72. The highest BCUT2D eigenvalue weighted by molar-refractivity contribution is 5.93. The number of hydrogen-bond acceptors (Lipinski definition) is 5. The maximum absolute atomic E-state index is 11.2. The van der Waals surface area contributed by atoms with E-state index in [1.807, 2.05) is 0 Å². The molecule has 1 aliphatic heterocycles. The Morgan fingerprint density at radius 2 is 2.14 bits per heavy atom. The predicted octanol–water partition coefficient (Wildman–Crippen LogP) is 2.46. The van der Waals surface area contributed by atoms with E-state index in [1.165, 1.54) is 25.3 Å². The van der Waals surface area contributed by atoms with Crippen LogP contribution in [0.15, 0.2) is 12.3 Å². The Bertz CT molecular complexity index is 590. The van der Waals surface area contributed by atoms with Crippen LogP contribution >= 0.6 is 0 Å². The summed E-state index contributed by atoms with van der Waals surface area (Å²) in [6, 6.07) is 1.75. The van der Waals surface area contributed by atoms with Crippen LogP contribution in [0, 0.1) is 16.0 Å². The zero-order chi connectivity index (χ0) is 15.0. The summed E-state index contributed by atoms with van der Waals surface area (Å²) in [6.45, 7) is 0.838. The molecule has 1 saturated carbocycles. The molecule has 0 radical (unpaired) electrons. The first-order valence-electron chi connectivity index (χ1n) is 7.22. The van der Waals surface area contributed by atoms with Crippen LogP contribution in [-0.4, -0.2) is 33.6 Å². The summed E-state index contributed by atoms with van der Waals surface area (Å²) in [5.41, 5.74) is -0.739. The van der Waals surface area contributed by atoms with Crippen molar-refractivity contribution in [1.29, 1.82) is 0 Å². The van der Waals surface area contributed by atoms with Crippen LogP contribution in [0.5, 0.6) is 0 Å². The van der Waals surface area contributed by atoms with Crippen LogP contribution in [0.25, 0.3) is 0 Å². The van der Waals surface area contributed by atoms with Crippen molar-refractivity contribution in [2.45, 2.75) is 38.1 Å². The lowest BCUT2D eigenvalue weighted by atomic mass is 9.92. The molecule has 2 fully saturated rings. The van der Waals surface area contributed by atoms with Crippen LogP contribution in [0.1, 0.15) is 42.5 Å². The number of nitro groups is 1. The number of carbonyl (C=O) groups is 1. The predicted molar refractivity (Wildman–Crippen MR) is 75.6 cm³/mol. The van der Waals surface area contributed by atoms with Crippen LogP contribution in [-0.2, 0) is 0 Å². The fourth-order valence-electron chi connectivity index (χ4n) is 3.65. The van der Waals surface area contributed by atoms with Gasteiger partial charge in [-0.2, -0.15) is 0 Å². The number of aromatic nitrogens is 1. The van der Waals surface area contributed by atoms with Gasteiger partial charge in [0.1, 0.15) is 17.6 Å². The fraction of sp³-hybridized carbons (Fsp3) is 0.571. The van der Waals surface area contributed by atoms with Gasteiger partial charge in [-0.3, -0.25) is 10.1 Å². The van der Waals surface area contributed by atoms with Gasteiger partial charge in [-0.05, 0) is 31.6 Å². The molecular formula is C14H17N3O4. The second kappa shape index (κ2) is 5.31. The van der Waals surface area contributed by atoms with E-state index in [0.29, 0.717) is 17.8 Å². The van der Waals surface area contributed by atoms with Gasteiger partial charge in [-0.1, -0.05) is 6.42 Å². The van der Waals surface area contributed by atoms with Gasteiger partial charge in [0.15, 0.2) is 0 Å². The molecule has 0 aromatic carbocycles. The Morgan fingerprint density at radius 3 is 2.86 bits per heavy atom. The Kier molecular flexibility index (Phi) is 3.48. The zero-order valence-corrected chi connectivity index (χ0v) is 11.6. The van der Waals surface area contributed by atoms with Crippen molar-refractivity contribution in [1.82, 2.24) is 4.98 Å². The van der Waals surface area contributed by atoms with Gasteiger partial charge in [-0.25, -0.2) is 9.78 Å². The molecular weight excluding hydrogens is 274 g/mol. The normalized spacial score (nSPS) is 24.7. The standard InChI is InChI=1S/C14H17N3O4/c18-14(19)10-7-13(15-8-12(10)17(20)21)16-6-2-4-9-3-1-5-11(9)16/h7-9,11H,1-6H2,(H,18,19). The van der Waals surface area contributed by atoms with Gasteiger partial charge in [0.25, 0.3) is 0 Å². The van der Waals surface area contributed by atoms with Crippen molar-refractivity contribution in [2.24, 2.45) is 5.92 Å². The van der Waals surface area contributed by atoms with Crippen molar-refractivity contribution < 1.29 is 14.8 Å². The van der Waals surface area contributed by atoms with Crippen molar-refractivity contribution >= 4 is 17.5 Å². The topological polar surface area (TPSA) is 96.6 Å². The van der Waals surface area contributed by atoms with E-state index in [1.54, 1.807) is 0 Å². The Hall–Kier alpha value is -2.18. The molecule has 0 amide bonds. The van der Waals surface area contributed by atoms with Crippen molar-refractivity contribution in [2.75, 3.05) is 11.4 Å². The summed E-state index contributed by atoms with van der Waals surface area (Å²) >= 11 is 0. The number of fused-ring (bicyclic) bond motifs is 1.